The number of carbonyl (C=O) groups is 1. The average Bonchev–Trinajstić information content (AvgIpc) is 2.84. The summed E-state index contributed by atoms with van der Waals surface area (Å²) in [6, 6.07) is 9.07. The maximum Gasteiger partial charge on any atom is 0.294 e. The molecule has 2 aromatic rings. The van der Waals surface area contributed by atoms with E-state index >= 15 is 0 Å². The number of hydrogen-bond acceptors (Lipinski definition) is 9. The number of rotatable bonds is 17. The van der Waals surface area contributed by atoms with Gasteiger partial charge in [0.25, 0.3) is 16.0 Å². The highest BCUT2D eigenvalue weighted by Crippen LogP contribution is 2.17. The SMILES string of the molecule is CCCOCCOCCOCCCNC(=O)c1ccc(N=NCc2ccccc2S(=O)(=O)O)nc1. The van der Waals surface area contributed by atoms with E-state index in [-0.39, 0.29) is 23.2 Å². The molecule has 12 heteroatoms. The van der Waals surface area contributed by atoms with E-state index < -0.39 is 10.1 Å². The molecule has 2 rings (SSSR count). The molecule has 1 amide bonds. The van der Waals surface area contributed by atoms with E-state index in [2.05, 4.69) is 27.5 Å². The number of amides is 1. The Morgan fingerprint density at radius 1 is 1.00 bits per heavy atom. The highest BCUT2D eigenvalue weighted by molar-refractivity contribution is 7.85. The van der Waals surface area contributed by atoms with Crippen molar-refractivity contribution in [3.05, 3.63) is 53.7 Å². The zero-order valence-electron chi connectivity index (χ0n) is 19.8. The van der Waals surface area contributed by atoms with Crippen LogP contribution < -0.4 is 5.32 Å². The van der Waals surface area contributed by atoms with Crippen molar-refractivity contribution in [1.82, 2.24) is 10.3 Å². The van der Waals surface area contributed by atoms with E-state index in [9.17, 15) is 17.8 Å². The predicted octanol–water partition coefficient (Wildman–Crippen LogP) is 3.19. The van der Waals surface area contributed by atoms with Crippen molar-refractivity contribution in [1.29, 1.82) is 0 Å². The minimum absolute atomic E-state index is 0.0541. The second-order valence-electron chi connectivity index (χ2n) is 7.33. The van der Waals surface area contributed by atoms with Gasteiger partial charge in [-0.3, -0.25) is 9.35 Å². The molecule has 1 aromatic heterocycles. The molecule has 35 heavy (non-hydrogen) atoms. The summed E-state index contributed by atoms with van der Waals surface area (Å²) in [6.45, 7) is 5.84. The number of aromatic nitrogens is 1. The van der Waals surface area contributed by atoms with Crippen LogP contribution in [0.2, 0.25) is 0 Å². The van der Waals surface area contributed by atoms with Crippen molar-refractivity contribution in [2.75, 3.05) is 46.2 Å². The number of carbonyl (C=O) groups excluding carboxylic acids is 1. The van der Waals surface area contributed by atoms with Crippen molar-refractivity contribution in [3.8, 4) is 0 Å². The van der Waals surface area contributed by atoms with Gasteiger partial charge in [0.05, 0.1) is 43.4 Å². The minimum Gasteiger partial charge on any atom is -0.379 e. The van der Waals surface area contributed by atoms with Gasteiger partial charge < -0.3 is 19.5 Å². The van der Waals surface area contributed by atoms with Crippen molar-refractivity contribution >= 4 is 21.8 Å². The van der Waals surface area contributed by atoms with E-state index in [0.717, 1.165) is 13.0 Å². The van der Waals surface area contributed by atoms with Gasteiger partial charge >= 0.3 is 0 Å². The molecule has 0 unspecified atom stereocenters. The third kappa shape index (κ3) is 11.5. The zero-order chi connectivity index (χ0) is 25.4. The zero-order valence-corrected chi connectivity index (χ0v) is 20.6. The molecule has 11 nitrogen and oxygen atoms in total. The quantitative estimate of drug-likeness (QED) is 0.188. The monoisotopic (exact) mass is 508 g/mol. The highest BCUT2D eigenvalue weighted by atomic mass is 32.2. The third-order valence-electron chi connectivity index (χ3n) is 4.52. The van der Waals surface area contributed by atoms with Crippen molar-refractivity contribution < 1.29 is 32.0 Å². The molecule has 0 aliphatic heterocycles. The molecule has 0 aliphatic carbocycles. The van der Waals surface area contributed by atoms with Gasteiger partial charge in [-0.25, -0.2) is 4.98 Å². The summed E-state index contributed by atoms with van der Waals surface area (Å²) in [5.74, 6) is -0.00286. The largest absolute Gasteiger partial charge is 0.379 e. The lowest BCUT2D eigenvalue weighted by Gasteiger charge is -2.07. The Morgan fingerprint density at radius 2 is 1.69 bits per heavy atom. The average molecular weight is 509 g/mol. The van der Waals surface area contributed by atoms with E-state index in [1.807, 2.05) is 0 Å². The van der Waals surface area contributed by atoms with Crippen LogP contribution in [0.25, 0.3) is 0 Å². The number of nitrogens with zero attached hydrogens (tertiary/aromatic N) is 3. The van der Waals surface area contributed by atoms with E-state index in [1.54, 1.807) is 12.1 Å². The van der Waals surface area contributed by atoms with Gasteiger partial charge in [0, 0.05) is 26.0 Å². The van der Waals surface area contributed by atoms with Crippen molar-refractivity contribution in [3.63, 3.8) is 0 Å². The van der Waals surface area contributed by atoms with Crippen LogP contribution in [0, 0.1) is 0 Å². The Bertz CT molecular complexity index is 1030. The Hall–Kier alpha value is -2.77. The topological polar surface area (TPSA) is 149 Å². The lowest BCUT2D eigenvalue weighted by atomic mass is 10.2. The molecular weight excluding hydrogens is 476 g/mol. The minimum atomic E-state index is -4.34. The fourth-order valence-corrected chi connectivity index (χ4v) is 3.53. The fraction of sp³-hybridized carbons (Fsp3) is 0.478. The smallest absolute Gasteiger partial charge is 0.294 e. The maximum atomic E-state index is 12.2. The second-order valence-corrected chi connectivity index (χ2v) is 8.72. The molecule has 2 N–H and O–H groups in total. The van der Waals surface area contributed by atoms with Crippen LogP contribution in [0.5, 0.6) is 0 Å². The van der Waals surface area contributed by atoms with Crippen LogP contribution >= 0.6 is 0 Å². The Labute approximate surface area is 205 Å². The molecular formula is C23H32N4O7S. The molecule has 0 radical (unpaired) electrons. The van der Waals surface area contributed by atoms with Crippen LogP contribution in [0.15, 0.2) is 57.7 Å². The number of ether oxygens (including phenoxy) is 3. The van der Waals surface area contributed by atoms with Gasteiger partial charge in [-0.2, -0.15) is 13.5 Å². The first-order valence-electron chi connectivity index (χ1n) is 11.3. The molecule has 0 aliphatic rings. The first-order chi connectivity index (χ1) is 16.9. The summed E-state index contributed by atoms with van der Waals surface area (Å²) in [4.78, 5) is 16.1. The summed E-state index contributed by atoms with van der Waals surface area (Å²) in [5, 5.41) is 10.7. The summed E-state index contributed by atoms with van der Waals surface area (Å²) < 4.78 is 48.2. The first kappa shape index (κ1) is 28.5. The van der Waals surface area contributed by atoms with Gasteiger partial charge in [0.1, 0.15) is 0 Å². The summed E-state index contributed by atoms with van der Waals surface area (Å²) >= 11 is 0. The van der Waals surface area contributed by atoms with Crippen LogP contribution in [-0.4, -0.2) is 70.0 Å². The van der Waals surface area contributed by atoms with Crippen molar-refractivity contribution in [2.45, 2.75) is 31.2 Å². The molecule has 0 atom stereocenters. The Balaban J connectivity index is 1.64. The summed E-state index contributed by atoms with van der Waals surface area (Å²) in [7, 11) is -4.34. The van der Waals surface area contributed by atoms with Crippen LogP contribution in [0.4, 0.5) is 5.82 Å². The third-order valence-corrected chi connectivity index (χ3v) is 5.47. The molecule has 0 fully saturated rings. The molecule has 0 saturated carbocycles. The Kier molecular flexibility index (Phi) is 13.0. The van der Waals surface area contributed by atoms with Crippen LogP contribution in [0.3, 0.4) is 0 Å². The van der Waals surface area contributed by atoms with Gasteiger partial charge in [-0.05, 0) is 36.6 Å². The van der Waals surface area contributed by atoms with Crippen LogP contribution in [0.1, 0.15) is 35.7 Å². The van der Waals surface area contributed by atoms with E-state index in [4.69, 9.17) is 14.2 Å². The number of hydrogen-bond donors (Lipinski definition) is 2. The molecule has 0 spiro atoms. The summed E-state index contributed by atoms with van der Waals surface area (Å²) in [5.41, 5.74) is 0.684. The number of benzene rings is 1. The van der Waals surface area contributed by atoms with Gasteiger partial charge in [0.15, 0.2) is 5.82 Å². The normalized spacial score (nSPS) is 11.7. The maximum absolute atomic E-state index is 12.2. The second kappa shape index (κ2) is 16.0. The highest BCUT2D eigenvalue weighted by Gasteiger charge is 2.14. The lowest BCUT2D eigenvalue weighted by molar-refractivity contribution is 0.0143. The van der Waals surface area contributed by atoms with Gasteiger partial charge in [0.2, 0.25) is 0 Å². The molecule has 0 bridgehead atoms. The first-order valence-corrected chi connectivity index (χ1v) is 12.8. The van der Waals surface area contributed by atoms with Crippen LogP contribution in [-0.2, 0) is 30.9 Å². The van der Waals surface area contributed by atoms with E-state index in [0.29, 0.717) is 57.1 Å². The number of azo groups is 1. The van der Waals surface area contributed by atoms with Gasteiger partial charge in [-0.1, -0.05) is 25.1 Å². The number of nitrogens with one attached hydrogen (secondary N) is 1. The molecule has 0 saturated heterocycles. The Morgan fingerprint density at radius 3 is 2.34 bits per heavy atom. The van der Waals surface area contributed by atoms with Crippen molar-refractivity contribution in [2.24, 2.45) is 10.2 Å². The molecule has 1 heterocycles. The van der Waals surface area contributed by atoms with Gasteiger partial charge in [-0.15, -0.1) is 5.11 Å². The standard InChI is InChI=1S/C23H32N4O7S/c1-2-11-32-13-15-34-16-14-33-12-5-10-24-23(28)20-8-9-22(25-17-20)27-26-18-19-6-3-4-7-21(19)35(29,30)31/h3-4,6-9,17H,2,5,10-16,18H2,1H3,(H,24,28)(H,29,30,31). The summed E-state index contributed by atoms with van der Waals surface area (Å²) in [6.07, 6.45) is 3.04. The number of pyridine rings is 1. The molecule has 192 valence electrons. The fourth-order valence-electron chi connectivity index (χ4n) is 2.81. The van der Waals surface area contributed by atoms with E-state index in [1.165, 1.54) is 30.5 Å². The molecule has 1 aromatic carbocycles. The lowest BCUT2D eigenvalue weighted by Crippen LogP contribution is -2.25. The predicted molar refractivity (Wildman–Crippen MR) is 128 cm³/mol.